The van der Waals surface area contributed by atoms with E-state index in [1.807, 2.05) is 4.90 Å². The van der Waals surface area contributed by atoms with Crippen molar-refractivity contribution >= 4 is 34.8 Å². The summed E-state index contributed by atoms with van der Waals surface area (Å²) in [5, 5.41) is 45.2. The van der Waals surface area contributed by atoms with Crippen LogP contribution in [0, 0.1) is 11.8 Å². The number of phenols is 1. The highest BCUT2D eigenvalue weighted by Crippen LogP contribution is 2.53. The lowest BCUT2D eigenvalue weighted by Gasteiger charge is -2.50. The highest BCUT2D eigenvalue weighted by atomic mass is 35.5. The van der Waals surface area contributed by atoms with E-state index >= 15 is 0 Å². The number of Topliss-reactive ketones (excluding diaryl/α,β-unsaturated/α-hetero) is 2. The summed E-state index contributed by atoms with van der Waals surface area (Å²) in [6.45, 7) is 4.48. The van der Waals surface area contributed by atoms with Gasteiger partial charge in [-0.05, 0) is 51.5 Å². The number of hydrogen-bond donors (Lipinski definition) is 5. The second kappa shape index (κ2) is 9.29. The molecule has 0 radical (unpaired) electrons. The summed E-state index contributed by atoms with van der Waals surface area (Å²) >= 11 is 6.58. The smallest absolute Gasteiger partial charge is 0.255 e. The molecule has 0 bridgehead atoms. The van der Waals surface area contributed by atoms with Gasteiger partial charge in [0.2, 0.25) is 5.78 Å². The van der Waals surface area contributed by atoms with Crippen molar-refractivity contribution in [2.75, 3.05) is 27.7 Å². The van der Waals surface area contributed by atoms with Crippen LogP contribution in [0.15, 0.2) is 35.6 Å². The number of nitrogens with two attached hydrogens (primary N) is 1. The summed E-state index contributed by atoms with van der Waals surface area (Å²) in [4.78, 5) is 42.3. The summed E-state index contributed by atoms with van der Waals surface area (Å²) < 4.78 is 0. The molecule has 0 spiro atoms. The van der Waals surface area contributed by atoms with Gasteiger partial charge in [-0.2, -0.15) is 0 Å². The summed E-state index contributed by atoms with van der Waals surface area (Å²) in [7, 11) is 4.90. The van der Waals surface area contributed by atoms with Gasteiger partial charge in [0.15, 0.2) is 11.4 Å². The van der Waals surface area contributed by atoms with Crippen LogP contribution in [0.2, 0.25) is 5.02 Å². The number of phenolic OH excluding ortho intramolecular Hbond substituents is 1. The van der Waals surface area contributed by atoms with E-state index in [-0.39, 0.29) is 41.3 Å². The Balaban J connectivity index is 1.92. The molecule has 0 unspecified atom stereocenters. The molecular weight excluding hydrogens is 502 g/mol. The van der Waals surface area contributed by atoms with Gasteiger partial charge in [-0.15, -0.1) is 6.58 Å². The number of hydrogen-bond acceptors (Lipinski definition) is 9. The lowest BCUT2D eigenvalue weighted by atomic mass is 9.57. The van der Waals surface area contributed by atoms with Gasteiger partial charge in [0.1, 0.15) is 22.8 Å². The highest BCUT2D eigenvalue weighted by molar-refractivity contribution is 6.32. The molecule has 198 valence electrons. The molecule has 1 fully saturated rings. The van der Waals surface area contributed by atoms with Gasteiger partial charge in [-0.3, -0.25) is 24.2 Å². The van der Waals surface area contributed by atoms with Crippen molar-refractivity contribution in [3.8, 4) is 5.75 Å². The monoisotopic (exact) mass is 531 g/mol. The van der Waals surface area contributed by atoms with Crippen LogP contribution in [-0.4, -0.2) is 87.0 Å². The number of carbonyl (C=O) groups is 3. The minimum atomic E-state index is -2.67. The number of fused-ring (bicyclic) bond motifs is 3. The van der Waals surface area contributed by atoms with Crippen molar-refractivity contribution in [1.82, 2.24) is 9.80 Å². The highest BCUT2D eigenvalue weighted by Gasteiger charge is 2.64. The van der Waals surface area contributed by atoms with E-state index in [1.165, 1.54) is 4.90 Å². The Morgan fingerprint density at radius 3 is 2.49 bits per heavy atom. The van der Waals surface area contributed by atoms with Gasteiger partial charge < -0.3 is 26.2 Å². The topological polar surface area (TPSA) is 165 Å². The van der Waals surface area contributed by atoms with Crippen molar-refractivity contribution in [3.63, 3.8) is 0 Å². The number of carbonyl (C=O) groups excluding carboxylic acids is 3. The normalized spacial score (nSPS) is 27.4. The summed E-state index contributed by atoms with van der Waals surface area (Å²) in [6.07, 6.45) is 1.84. The fraction of sp³-hybridized carbons (Fsp3) is 0.423. The number of aliphatic hydroxyl groups excluding tert-OH is 2. The van der Waals surface area contributed by atoms with Crippen LogP contribution in [0.4, 0.5) is 0 Å². The average molecular weight is 532 g/mol. The number of halogens is 1. The predicted octanol–water partition coefficient (Wildman–Crippen LogP) is 1.24. The first-order chi connectivity index (χ1) is 17.3. The van der Waals surface area contributed by atoms with Crippen LogP contribution in [-0.2, 0) is 27.3 Å². The fourth-order valence-corrected chi connectivity index (χ4v) is 6.32. The Kier molecular flexibility index (Phi) is 6.74. The van der Waals surface area contributed by atoms with Crippen molar-refractivity contribution in [2.24, 2.45) is 17.6 Å². The maximum absolute atomic E-state index is 13.9. The largest absolute Gasteiger partial charge is 0.508 e. The van der Waals surface area contributed by atoms with E-state index in [1.54, 1.807) is 33.3 Å². The van der Waals surface area contributed by atoms with Crippen LogP contribution in [0.1, 0.15) is 23.1 Å². The van der Waals surface area contributed by atoms with E-state index in [2.05, 4.69) is 6.58 Å². The molecule has 0 heterocycles. The lowest BCUT2D eigenvalue weighted by molar-refractivity contribution is -0.153. The molecule has 1 amide bonds. The quantitative estimate of drug-likeness (QED) is 0.268. The summed E-state index contributed by atoms with van der Waals surface area (Å²) in [5.74, 6) is -6.88. The minimum absolute atomic E-state index is 0.00662. The maximum atomic E-state index is 13.9. The minimum Gasteiger partial charge on any atom is -0.508 e. The number of ketones is 2. The van der Waals surface area contributed by atoms with Gasteiger partial charge in [0.25, 0.3) is 5.91 Å². The first-order valence-electron chi connectivity index (χ1n) is 11.7. The molecule has 0 aliphatic heterocycles. The molecular formula is C26H30ClN3O7. The number of rotatable bonds is 6. The molecule has 4 atom stereocenters. The third-order valence-electron chi connectivity index (χ3n) is 7.63. The lowest BCUT2D eigenvalue weighted by Crippen LogP contribution is -2.65. The first kappa shape index (κ1) is 26.9. The molecule has 1 aromatic rings. The molecule has 3 aliphatic carbocycles. The first-order valence-corrected chi connectivity index (χ1v) is 12.1. The Morgan fingerprint density at radius 2 is 1.92 bits per heavy atom. The van der Waals surface area contributed by atoms with Crippen LogP contribution >= 0.6 is 11.6 Å². The Hall–Kier alpha value is -3.18. The van der Waals surface area contributed by atoms with Gasteiger partial charge in [-0.1, -0.05) is 17.7 Å². The number of likely N-dealkylation sites (N-methyl/N-ethyl adjacent to an activating group) is 2. The Bertz CT molecular complexity index is 1300. The molecule has 10 nitrogen and oxygen atoms in total. The number of aliphatic hydroxyl groups is 3. The molecule has 3 aliphatic rings. The van der Waals surface area contributed by atoms with E-state index < -0.39 is 58.0 Å². The van der Waals surface area contributed by atoms with Crippen molar-refractivity contribution < 1.29 is 34.8 Å². The van der Waals surface area contributed by atoms with Gasteiger partial charge in [0.05, 0.1) is 11.6 Å². The Labute approximate surface area is 218 Å². The van der Waals surface area contributed by atoms with Crippen LogP contribution in [0.3, 0.4) is 0 Å². The maximum Gasteiger partial charge on any atom is 0.255 e. The van der Waals surface area contributed by atoms with E-state index in [0.717, 1.165) is 0 Å². The van der Waals surface area contributed by atoms with Crippen molar-refractivity contribution in [1.29, 1.82) is 0 Å². The zero-order chi connectivity index (χ0) is 27.6. The second-order valence-corrected chi connectivity index (χ2v) is 10.6. The molecule has 4 rings (SSSR count). The number of amides is 1. The molecule has 1 aromatic carbocycles. The molecule has 1 saturated carbocycles. The number of primary amides is 1. The molecule has 11 heteroatoms. The summed E-state index contributed by atoms with van der Waals surface area (Å²) in [6, 6.07) is 0.471. The molecule has 0 saturated heterocycles. The number of nitrogens with zero attached hydrogens (tertiary/aromatic N) is 2. The zero-order valence-corrected chi connectivity index (χ0v) is 21.5. The van der Waals surface area contributed by atoms with Crippen molar-refractivity contribution in [3.05, 3.63) is 57.3 Å². The third-order valence-corrected chi connectivity index (χ3v) is 7.96. The van der Waals surface area contributed by atoms with E-state index in [9.17, 15) is 34.8 Å². The predicted molar refractivity (Wildman–Crippen MR) is 136 cm³/mol. The summed E-state index contributed by atoms with van der Waals surface area (Å²) in [5.41, 5.74) is 2.42. The average Bonchev–Trinajstić information content (AvgIpc) is 2.79. The van der Waals surface area contributed by atoms with Crippen LogP contribution in [0.25, 0.3) is 5.76 Å². The Morgan fingerprint density at radius 1 is 1.27 bits per heavy atom. The van der Waals surface area contributed by atoms with E-state index in [4.69, 9.17) is 17.3 Å². The molecule has 0 aromatic heterocycles. The molecule has 37 heavy (non-hydrogen) atoms. The third kappa shape index (κ3) is 3.86. The van der Waals surface area contributed by atoms with Gasteiger partial charge in [-0.25, -0.2) is 0 Å². The van der Waals surface area contributed by atoms with Crippen molar-refractivity contribution in [2.45, 2.75) is 31.0 Å². The standard InChI is InChI=1S/C26H30ClN3O7/c1-5-6-30(4)10-12-9-15(27)13-7-11-8-14-19(29(2)3)22(33)18(25(28)36)24(35)26(14,37)23(34)16(11)21(32)17(13)20(12)31/h5,9,11,14,19,31-32,35,37H,1,6-8,10H2,2-4H3,(H2,28,36)/t11-,14-,19-,26-/m0/s1. The molecule has 6 N–H and O–H groups in total. The number of benzene rings is 1. The second-order valence-electron chi connectivity index (χ2n) is 10.2. The fourth-order valence-electron chi connectivity index (χ4n) is 6.01. The van der Waals surface area contributed by atoms with Gasteiger partial charge in [0, 0.05) is 35.2 Å². The SMILES string of the molecule is C=CCN(C)Cc1cc(Cl)c2c(c1O)C(O)=C1C(=O)[C@]3(O)C(O)=C(C(N)=O)C(=O)[C@@H](N(C)C)[C@@H]3C[C@@H]1C2. The zero-order valence-electron chi connectivity index (χ0n) is 20.8. The van der Waals surface area contributed by atoms with Gasteiger partial charge >= 0.3 is 0 Å². The van der Waals surface area contributed by atoms with Crippen LogP contribution in [0.5, 0.6) is 5.75 Å². The van der Waals surface area contributed by atoms with E-state index in [0.29, 0.717) is 17.7 Å². The number of aromatic hydroxyl groups is 1. The van der Waals surface area contributed by atoms with Crippen LogP contribution < -0.4 is 5.73 Å².